The molecule has 1 N–H and O–H groups in total. The molecule has 2 atom stereocenters. The van der Waals surface area contributed by atoms with E-state index < -0.39 is 0 Å². The van der Waals surface area contributed by atoms with Gasteiger partial charge in [0, 0.05) is 19.6 Å². The van der Waals surface area contributed by atoms with E-state index in [1.807, 2.05) is 54.6 Å². The quantitative estimate of drug-likeness (QED) is 0.326. The Hall–Kier alpha value is -4.04. The van der Waals surface area contributed by atoms with Crippen molar-refractivity contribution in [2.24, 2.45) is 5.92 Å². The number of thiazole rings is 1. The molecule has 1 fully saturated rings. The molecule has 8 heteroatoms. The number of hydrogen-bond acceptors (Lipinski definition) is 6. The van der Waals surface area contributed by atoms with Gasteiger partial charge < -0.3 is 10.2 Å². The monoisotopic (exact) mass is 538 g/mol. The lowest BCUT2D eigenvalue weighted by Crippen LogP contribution is -2.44. The molecule has 0 radical (unpaired) electrons. The summed E-state index contributed by atoms with van der Waals surface area (Å²) in [5.41, 5.74) is 3.64. The molecule has 2 aliphatic rings. The molecule has 2 aliphatic heterocycles. The van der Waals surface area contributed by atoms with Crippen LogP contribution in [0, 0.1) is 5.92 Å². The molecule has 3 heterocycles. The summed E-state index contributed by atoms with van der Waals surface area (Å²) in [5, 5.41) is 3.86. The molecule has 1 aromatic heterocycles. The third-order valence-electron chi connectivity index (χ3n) is 7.69. The van der Waals surface area contributed by atoms with Gasteiger partial charge in [-0.3, -0.25) is 19.3 Å². The number of nitrogens with zero attached hydrogens (tertiary/aromatic N) is 3. The Kier molecular flexibility index (Phi) is 6.87. The van der Waals surface area contributed by atoms with Gasteiger partial charge in [0.25, 0.3) is 11.8 Å². The van der Waals surface area contributed by atoms with Crippen molar-refractivity contribution in [2.75, 3.05) is 24.5 Å². The first kappa shape index (κ1) is 25.2. The molecule has 0 unspecified atom stereocenters. The van der Waals surface area contributed by atoms with Gasteiger partial charge in [-0.25, -0.2) is 4.98 Å². The standard InChI is InChI=1S/C31H30N4O3S/c1-20(21-9-3-2-4-10-21)17-32-29(36)22-11-8-16-34(18-22)25-14-7-12-23-28(25)31(38)35(30(23)37)19-27-33-24-13-5-6-15-26(24)39-27/h2-7,9-10,12-15,20,22H,8,11,16-19H2,1H3,(H,32,36)/t20-,22-/m0/s1. The lowest BCUT2D eigenvalue weighted by atomic mass is 9.94. The smallest absolute Gasteiger partial charge is 0.264 e. The Morgan fingerprint density at radius 1 is 1.03 bits per heavy atom. The third-order valence-corrected chi connectivity index (χ3v) is 8.71. The molecule has 39 heavy (non-hydrogen) atoms. The maximum atomic E-state index is 13.6. The molecule has 198 valence electrons. The highest BCUT2D eigenvalue weighted by atomic mass is 32.1. The first-order valence-corrected chi connectivity index (χ1v) is 14.2. The van der Waals surface area contributed by atoms with Crippen LogP contribution in [0.1, 0.15) is 57.0 Å². The zero-order valence-electron chi connectivity index (χ0n) is 21.8. The number of para-hydroxylation sites is 1. The lowest BCUT2D eigenvalue weighted by molar-refractivity contribution is -0.125. The van der Waals surface area contributed by atoms with Crippen LogP contribution < -0.4 is 10.2 Å². The van der Waals surface area contributed by atoms with Gasteiger partial charge in [0.2, 0.25) is 5.91 Å². The molecular weight excluding hydrogens is 508 g/mol. The summed E-state index contributed by atoms with van der Waals surface area (Å²) in [6, 6.07) is 23.4. The summed E-state index contributed by atoms with van der Waals surface area (Å²) in [7, 11) is 0. The molecule has 0 spiro atoms. The van der Waals surface area contributed by atoms with E-state index in [1.54, 1.807) is 6.07 Å². The zero-order valence-corrected chi connectivity index (χ0v) is 22.6. The number of amides is 3. The number of imide groups is 1. The minimum absolute atomic E-state index is 0.0370. The fourth-order valence-electron chi connectivity index (χ4n) is 5.55. The number of nitrogens with one attached hydrogen (secondary N) is 1. The second kappa shape index (κ2) is 10.6. The number of fused-ring (bicyclic) bond motifs is 2. The van der Waals surface area contributed by atoms with E-state index in [4.69, 9.17) is 0 Å². The minimum Gasteiger partial charge on any atom is -0.370 e. The van der Waals surface area contributed by atoms with Crippen molar-refractivity contribution >= 4 is 45.0 Å². The highest BCUT2D eigenvalue weighted by Crippen LogP contribution is 2.35. The number of hydrogen-bond donors (Lipinski definition) is 1. The number of anilines is 1. The molecule has 7 nitrogen and oxygen atoms in total. The summed E-state index contributed by atoms with van der Waals surface area (Å²) in [6.45, 7) is 4.09. The van der Waals surface area contributed by atoms with Gasteiger partial charge >= 0.3 is 0 Å². The second-order valence-corrected chi connectivity index (χ2v) is 11.4. The first-order chi connectivity index (χ1) is 19.0. The van der Waals surface area contributed by atoms with E-state index in [9.17, 15) is 14.4 Å². The average molecular weight is 539 g/mol. The van der Waals surface area contributed by atoms with Gasteiger partial charge in [-0.05, 0) is 48.6 Å². The molecular formula is C31H30N4O3S. The third kappa shape index (κ3) is 4.92. The highest BCUT2D eigenvalue weighted by molar-refractivity contribution is 7.18. The van der Waals surface area contributed by atoms with E-state index in [0.29, 0.717) is 24.2 Å². The summed E-state index contributed by atoms with van der Waals surface area (Å²) >= 11 is 1.50. The molecule has 1 saturated heterocycles. The average Bonchev–Trinajstić information content (AvgIpc) is 3.50. The number of rotatable bonds is 7. The Labute approximate surface area is 231 Å². The summed E-state index contributed by atoms with van der Waals surface area (Å²) in [4.78, 5) is 48.0. The maximum Gasteiger partial charge on any atom is 0.264 e. The summed E-state index contributed by atoms with van der Waals surface area (Å²) in [6.07, 6.45) is 1.64. The van der Waals surface area contributed by atoms with Crippen LogP contribution in [0.25, 0.3) is 10.2 Å². The topological polar surface area (TPSA) is 82.6 Å². The van der Waals surface area contributed by atoms with Gasteiger partial charge in [0.15, 0.2) is 0 Å². The van der Waals surface area contributed by atoms with Gasteiger partial charge in [-0.2, -0.15) is 0 Å². The van der Waals surface area contributed by atoms with E-state index in [1.165, 1.54) is 21.8 Å². The summed E-state index contributed by atoms with van der Waals surface area (Å²) in [5.74, 6) is -0.513. The molecule has 0 bridgehead atoms. The Bertz CT molecular complexity index is 1520. The van der Waals surface area contributed by atoms with Gasteiger partial charge in [-0.1, -0.05) is 55.5 Å². The number of carbonyl (C=O) groups excluding carboxylic acids is 3. The fraction of sp³-hybridized carbons (Fsp3) is 0.290. The predicted octanol–water partition coefficient (Wildman–Crippen LogP) is 5.23. The lowest BCUT2D eigenvalue weighted by Gasteiger charge is -2.34. The van der Waals surface area contributed by atoms with E-state index >= 15 is 0 Å². The van der Waals surface area contributed by atoms with Gasteiger partial charge in [0.1, 0.15) is 5.01 Å². The number of piperidine rings is 1. The van der Waals surface area contributed by atoms with Crippen LogP contribution >= 0.6 is 11.3 Å². The van der Waals surface area contributed by atoms with E-state index in [-0.39, 0.29) is 36.1 Å². The Morgan fingerprint density at radius 2 is 1.82 bits per heavy atom. The molecule has 3 aromatic carbocycles. The molecule has 0 aliphatic carbocycles. The van der Waals surface area contributed by atoms with Crippen molar-refractivity contribution in [3.8, 4) is 0 Å². The summed E-state index contributed by atoms with van der Waals surface area (Å²) < 4.78 is 1.03. The Morgan fingerprint density at radius 3 is 2.64 bits per heavy atom. The molecule has 3 amide bonds. The van der Waals surface area contributed by atoms with Crippen molar-refractivity contribution in [2.45, 2.75) is 32.2 Å². The minimum atomic E-state index is -0.298. The van der Waals surface area contributed by atoms with E-state index in [2.05, 4.69) is 34.3 Å². The molecule has 0 saturated carbocycles. The number of carbonyl (C=O) groups is 3. The van der Waals surface area contributed by atoms with Crippen LogP contribution in [-0.2, 0) is 11.3 Å². The second-order valence-electron chi connectivity index (χ2n) is 10.3. The van der Waals surface area contributed by atoms with Crippen molar-refractivity contribution < 1.29 is 14.4 Å². The van der Waals surface area contributed by atoms with Crippen molar-refractivity contribution in [3.63, 3.8) is 0 Å². The SMILES string of the molecule is C[C@@H](CNC(=O)[C@H]1CCCN(c2cccc3c2C(=O)N(Cc2nc4ccccc4s2)C3=O)C1)c1ccccc1. The van der Waals surface area contributed by atoms with Crippen molar-refractivity contribution in [3.05, 3.63) is 94.5 Å². The first-order valence-electron chi connectivity index (χ1n) is 13.4. The maximum absolute atomic E-state index is 13.6. The van der Waals surface area contributed by atoms with Crippen molar-refractivity contribution in [1.29, 1.82) is 0 Å². The van der Waals surface area contributed by atoms with Gasteiger partial charge in [-0.15, -0.1) is 11.3 Å². The number of benzene rings is 3. The van der Waals surface area contributed by atoms with Crippen LogP contribution in [-0.4, -0.2) is 47.2 Å². The fourth-order valence-corrected chi connectivity index (χ4v) is 6.51. The normalized spacial score (nSPS) is 17.9. The zero-order chi connectivity index (χ0) is 26.9. The van der Waals surface area contributed by atoms with Crippen LogP contribution in [0.4, 0.5) is 5.69 Å². The largest absolute Gasteiger partial charge is 0.370 e. The molecule has 6 rings (SSSR count). The van der Waals surface area contributed by atoms with Crippen LogP contribution in [0.5, 0.6) is 0 Å². The van der Waals surface area contributed by atoms with E-state index in [0.717, 1.165) is 40.3 Å². The molecule has 4 aromatic rings. The van der Waals surface area contributed by atoms with Crippen LogP contribution in [0.2, 0.25) is 0 Å². The Balaban J connectivity index is 1.16. The predicted molar refractivity (Wildman–Crippen MR) is 153 cm³/mol. The van der Waals surface area contributed by atoms with Gasteiger partial charge in [0.05, 0.1) is 39.5 Å². The van der Waals surface area contributed by atoms with Crippen LogP contribution in [0.15, 0.2) is 72.8 Å². The van der Waals surface area contributed by atoms with Crippen molar-refractivity contribution in [1.82, 2.24) is 15.2 Å². The highest BCUT2D eigenvalue weighted by Gasteiger charge is 2.40. The number of aromatic nitrogens is 1. The van der Waals surface area contributed by atoms with Crippen LogP contribution in [0.3, 0.4) is 0 Å².